The fourth-order valence-electron chi connectivity index (χ4n) is 2.57. The zero-order valence-corrected chi connectivity index (χ0v) is 13.9. The fourth-order valence-corrected chi connectivity index (χ4v) is 3.85. The molecule has 21 heavy (non-hydrogen) atoms. The van der Waals surface area contributed by atoms with E-state index in [9.17, 15) is 8.42 Å². The first-order valence-electron chi connectivity index (χ1n) is 7.52. The number of rotatable bonds is 5. The van der Waals surface area contributed by atoms with Crippen LogP contribution in [0.1, 0.15) is 30.4 Å². The molecule has 1 heterocycles. The predicted octanol–water partition coefficient (Wildman–Crippen LogP) is 2.74. The Labute approximate surface area is 128 Å². The predicted molar refractivity (Wildman–Crippen MR) is 83.9 cm³/mol. The first kappa shape index (κ1) is 16.5. The molecule has 0 amide bonds. The summed E-state index contributed by atoms with van der Waals surface area (Å²) in [5.41, 5.74) is 2.12. The molecule has 0 aromatic heterocycles. The molecule has 0 unspecified atom stereocenters. The van der Waals surface area contributed by atoms with Crippen LogP contribution in [0.5, 0.6) is 0 Å². The van der Waals surface area contributed by atoms with Gasteiger partial charge < -0.3 is 4.74 Å². The molecule has 0 atom stereocenters. The van der Waals surface area contributed by atoms with E-state index in [0.717, 1.165) is 43.6 Å². The van der Waals surface area contributed by atoms with Gasteiger partial charge in [0.2, 0.25) is 10.0 Å². The second kappa shape index (κ2) is 6.90. The van der Waals surface area contributed by atoms with E-state index in [2.05, 4.69) is 0 Å². The normalized spacial score (nSPS) is 17.3. The van der Waals surface area contributed by atoms with Gasteiger partial charge in [0.1, 0.15) is 0 Å². The second-order valence-corrected chi connectivity index (χ2v) is 7.96. The number of hydrogen-bond acceptors (Lipinski definition) is 3. The summed E-state index contributed by atoms with van der Waals surface area (Å²) in [5.74, 6) is 0.580. The van der Waals surface area contributed by atoms with Crippen molar-refractivity contribution in [1.29, 1.82) is 0 Å². The van der Waals surface area contributed by atoms with Gasteiger partial charge in [-0.15, -0.1) is 0 Å². The molecule has 118 valence electrons. The minimum Gasteiger partial charge on any atom is -0.381 e. The second-order valence-electron chi connectivity index (χ2n) is 5.92. The number of benzene rings is 1. The van der Waals surface area contributed by atoms with Crippen LogP contribution in [0.2, 0.25) is 0 Å². The van der Waals surface area contributed by atoms with E-state index in [1.54, 1.807) is 19.2 Å². The van der Waals surface area contributed by atoms with Crippen molar-refractivity contribution in [3.05, 3.63) is 29.3 Å². The first-order chi connectivity index (χ1) is 9.91. The summed E-state index contributed by atoms with van der Waals surface area (Å²) in [6, 6.07) is 5.33. The van der Waals surface area contributed by atoms with Gasteiger partial charge in [0, 0.05) is 26.8 Å². The molecule has 0 aliphatic carbocycles. The van der Waals surface area contributed by atoms with E-state index in [1.807, 2.05) is 19.9 Å². The van der Waals surface area contributed by atoms with Gasteiger partial charge in [0.15, 0.2) is 0 Å². The molecular weight excluding hydrogens is 286 g/mol. The fraction of sp³-hybridized carbons (Fsp3) is 0.625. The summed E-state index contributed by atoms with van der Waals surface area (Å²) in [4.78, 5) is 0.389. The number of hydrogen-bond donors (Lipinski definition) is 0. The first-order valence-corrected chi connectivity index (χ1v) is 8.96. The monoisotopic (exact) mass is 311 g/mol. The van der Waals surface area contributed by atoms with Crippen LogP contribution in [0.4, 0.5) is 0 Å². The zero-order valence-electron chi connectivity index (χ0n) is 13.1. The number of nitrogens with zero attached hydrogens (tertiary/aromatic N) is 1. The number of ether oxygens (including phenoxy) is 1. The molecule has 0 N–H and O–H groups in total. The molecule has 4 nitrogen and oxygen atoms in total. The lowest BCUT2D eigenvalue weighted by Gasteiger charge is -2.24. The van der Waals surface area contributed by atoms with Crippen molar-refractivity contribution in [3.8, 4) is 0 Å². The molecule has 0 radical (unpaired) electrons. The van der Waals surface area contributed by atoms with Crippen LogP contribution in [-0.4, -0.2) is 39.5 Å². The maximum Gasteiger partial charge on any atom is 0.242 e. The Bertz CT molecular complexity index is 577. The highest BCUT2D eigenvalue weighted by molar-refractivity contribution is 7.89. The minimum absolute atomic E-state index is 0.389. The third-order valence-electron chi connectivity index (χ3n) is 4.38. The third kappa shape index (κ3) is 4.05. The van der Waals surface area contributed by atoms with Gasteiger partial charge in [-0.05, 0) is 62.3 Å². The summed E-state index contributed by atoms with van der Waals surface area (Å²) >= 11 is 0. The average Bonchev–Trinajstić information content (AvgIpc) is 2.48. The van der Waals surface area contributed by atoms with Crippen molar-refractivity contribution in [1.82, 2.24) is 4.31 Å². The Kier molecular flexibility index (Phi) is 5.41. The lowest BCUT2D eigenvalue weighted by Crippen LogP contribution is -2.30. The van der Waals surface area contributed by atoms with Gasteiger partial charge in [-0.1, -0.05) is 6.07 Å². The van der Waals surface area contributed by atoms with Crippen LogP contribution in [0.3, 0.4) is 0 Å². The number of sulfonamides is 1. The lowest BCUT2D eigenvalue weighted by molar-refractivity contribution is 0.0628. The van der Waals surface area contributed by atoms with E-state index < -0.39 is 10.0 Å². The van der Waals surface area contributed by atoms with Gasteiger partial charge in [-0.25, -0.2) is 12.7 Å². The molecular formula is C16H25NO3S. The molecule has 0 saturated carbocycles. The minimum atomic E-state index is -3.38. The lowest BCUT2D eigenvalue weighted by atomic mass is 9.97. The summed E-state index contributed by atoms with van der Waals surface area (Å²) in [5, 5.41) is 0. The highest BCUT2D eigenvalue weighted by Crippen LogP contribution is 2.22. The van der Waals surface area contributed by atoms with Gasteiger partial charge in [0.25, 0.3) is 0 Å². The molecule has 5 heteroatoms. The zero-order chi connectivity index (χ0) is 15.5. The Morgan fingerprint density at radius 3 is 2.48 bits per heavy atom. The Morgan fingerprint density at radius 1 is 1.19 bits per heavy atom. The van der Waals surface area contributed by atoms with Crippen LogP contribution < -0.4 is 0 Å². The van der Waals surface area contributed by atoms with Crippen molar-refractivity contribution in [2.75, 3.05) is 26.8 Å². The molecule has 1 aromatic carbocycles. The number of aryl methyl sites for hydroxylation is 2. The molecule has 1 aliphatic heterocycles. The van der Waals surface area contributed by atoms with Crippen molar-refractivity contribution in [2.45, 2.75) is 38.0 Å². The SMILES string of the molecule is Cc1ccc(S(=O)(=O)N(C)CCC2CCOCC2)cc1C. The van der Waals surface area contributed by atoms with Crippen LogP contribution in [0, 0.1) is 19.8 Å². The average molecular weight is 311 g/mol. The van der Waals surface area contributed by atoms with Crippen molar-refractivity contribution < 1.29 is 13.2 Å². The van der Waals surface area contributed by atoms with E-state index >= 15 is 0 Å². The van der Waals surface area contributed by atoms with Crippen molar-refractivity contribution >= 4 is 10.0 Å². The van der Waals surface area contributed by atoms with E-state index in [4.69, 9.17) is 4.74 Å². The highest BCUT2D eigenvalue weighted by Gasteiger charge is 2.22. The molecule has 0 spiro atoms. The molecule has 2 rings (SSSR count). The standard InChI is InChI=1S/C16H25NO3S/c1-13-4-5-16(12-14(13)2)21(18,19)17(3)9-6-15-7-10-20-11-8-15/h4-5,12,15H,6-11H2,1-3H3. The van der Waals surface area contributed by atoms with Gasteiger partial charge in [0.05, 0.1) is 4.90 Å². The van der Waals surface area contributed by atoms with Gasteiger partial charge in [-0.3, -0.25) is 0 Å². The molecule has 1 fully saturated rings. The van der Waals surface area contributed by atoms with Crippen LogP contribution >= 0.6 is 0 Å². The third-order valence-corrected chi connectivity index (χ3v) is 6.23. The van der Waals surface area contributed by atoms with Gasteiger partial charge in [-0.2, -0.15) is 0 Å². The molecule has 0 bridgehead atoms. The van der Waals surface area contributed by atoms with E-state index in [-0.39, 0.29) is 0 Å². The topological polar surface area (TPSA) is 46.6 Å². The Hall–Kier alpha value is -0.910. The van der Waals surface area contributed by atoms with Crippen molar-refractivity contribution in [3.63, 3.8) is 0 Å². The maximum absolute atomic E-state index is 12.6. The summed E-state index contributed by atoms with van der Waals surface area (Å²) in [6.45, 7) is 6.10. The smallest absolute Gasteiger partial charge is 0.242 e. The van der Waals surface area contributed by atoms with Crippen LogP contribution in [0.25, 0.3) is 0 Å². The van der Waals surface area contributed by atoms with E-state index in [1.165, 1.54) is 4.31 Å². The molecule has 1 saturated heterocycles. The van der Waals surface area contributed by atoms with Gasteiger partial charge >= 0.3 is 0 Å². The Morgan fingerprint density at radius 2 is 1.86 bits per heavy atom. The quantitative estimate of drug-likeness (QED) is 0.840. The van der Waals surface area contributed by atoms with Crippen molar-refractivity contribution in [2.24, 2.45) is 5.92 Å². The molecule has 1 aliphatic rings. The van der Waals surface area contributed by atoms with Crippen LogP contribution in [0.15, 0.2) is 23.1 Å². The van der Waals surface area contributed by atoms with Crippen LogP contribution in [-0.2, 0) is 14.8 Å². The highest BCUT2D eigenvalue weighted by atomic mass is 32.2. The largest absolute Gasteiger partial charge is 0.381 e. The van der Waals surface area contributed by atoms with E-state index in [0.29, 0.717) is 17.4 Å². The maximum atomic E-state index is 12.6. The summed E-state index contributed by atoms with van der Waals surface area (Å²) < 4.78 is 32.0. The summed E-state index contributed by atoms with van der Waals surface area (Å²) in [7, 11) is -1.71. The summed E-state index contributed by atoms with van der Waals surface area (Å²) in [6.07, 6.45) is 2.99. The Balaban J connectivity index is 2.02. The molecule has 1 aromatic rings.